The second kappa shape index (κ2) is 64.8. The summed E-state index contributed by atoms with van der Waals surface area (Å²) in [5, 5.41) is 0. The molecule has 0 aromatic carbocycles. The lowest BCUT2D eigenvalue weighted by Crippen LogP contribution is -1.47. The molecule has 0 bridgehead atoms. The van der Waals surface area contributed by atoms with E-state index in [2.05, 4.69) is 27.7 Å². The SMILES string of the molecule is CC.CCC.CCCC.N. The monoisotopic (exact) mass is 149 g/mol. The molecule has 0 heterocycles. The quantitative estimate of drug-likeness (QED) is 0.588. The average Bonchev–Trinajstić information content (AvgIpc) is 1.94. The third-order valence-corrected chi connectivity index (χ3v) is 0.500. The Hall–Kier alpha value is -0.0400. The van der Waals surface area contributed by atoms with Gasteiger partial charge in [0.1, 0.15) is 0 Å². The van der Waals surface area contributed by atoms with Gasteiger partial charge in [-0.15, -0.1) is 0 Å². The molecule has 0 aromatic heterocycles. The molecule has 0 rings (SSSR count). The zero-order valence-electron chi connectivity index (χ0n) is 8.83. The second-order valence-corrected chi connectivity index (χ2v) is 1.71. The fraction of sp³-hybridized carbons (Fsp3) is 1.00. The van der Waals surface area contributed by atoms with E-state index in [-0.39, 0.29) is 6.15 Å². The van der Waals surface area contributed by atoms with Crippen LogP contribution in [0.15, 0.2) is 0 Å². The topological polar surface area (TPSA) is 35.0 Å². The smallest absolute Gasteiger partial charge is 0.0564 e. The summed E-state index contributed by atoms with van der Waals surface area (Å²) in [6.45, 7) is 12.6. The highest BCUT2D eigenvalue weighted by molar-refractivity contribution is 4.12. The van der Waals surface area contributed by atoms with Gasteiger partial charge < -0.3 is 6.15 Å². The Kier molecular flexibility index (Phi) is 146. The van der Waals surface area contributed by atoms with Crippen molar-refractivity contribution in [3.05, 3.63) is 0 Å². The van der Waals surface area contributed by atoms with Gasteiger partial charge in [-0.25, -0.2) is 0 Å². The molecule has 0 aliphatic heterocycles. The first-order valence-electron chi connectivity index (χ1n) is 4.33. The van der Waals surface area contributed by atoms with E-state index < -0.39 is 0 Å². The minimum absolute atomic E-state index is 0. The van der Waals surface area contributed by atoms with Crippen molar-refractivity contribution in [3.8, 4) is 0 Å². The summed E-state index contributed by atoms with van der Waals surface area (Å²) in [5.74, 6) is 0. The van der Waals surface area contributed by atoms with E-state index in [4.69, 9.17) is 0 Å². The lowest BCUT2D eigenvalue weighted by atomic mass is 10.4. The first-order chi connectivity index (χ1) is 4.33. The molecule has 0 saturated heterocycles. The third kappa shape index (κ3) is 418. The van der Waals surface area contributed by atoms with Gasteiger partial charge in [-0.05, 0) is 0 Å². The Morgan fingerprint density at radius 1 is 0.700 bits per heavy atom. The molecule has 0 aliphatic carbocycles. The van der Waals surface area contributed by atoms with Gasteiger partial charge >= 0.3 is 0 Å². The Balaban J connectivity index is -0.0000000273. The van der Waals surface area contributed by atoms with Crippen molar-refractivity contribution in [1.82, 2.24) is 6.15 Å². The molecular formula is C9H27N. The van der Waals surface area contributed by atoms with Gasteiger partial charge in [-0.2, -0.15) is 0 Å². The van der Waals surface area contributed by atoms with Crippen LogP contribution in [0.5, 0.6) is 0 Å². The maximum Gasteiger partial charge on any atom is -0.0564 e. The molecule has 10 heavy (non-hydrogen) atoms. The van der Waals surface area contributed by atoms with Crippen molar-refractivity contribution in [1.29, 1.82) is 0 Å². The molecule has 0 atom stereocenters. The van der Waals surface area contributed by atoms with Gasteiger partial charge in [-0.3, -0.25) is 0 Å². The zero-order chi connectivity index (χ0) is 8.12. The number of hydrogen-bond donors (Lipinski definition) is 1. The van der Waals surface area contributed by atoms with Crippen molar-refractivity contribution in [2.75, 3.05) is 0 Å². The maximum absolute atomic E-state index is 2.18. The molecule has 1 heteroatoms. The van der Waals surface area contributed by atoms with Crippen LogP contribution in [-0.2, 0) is 0 Å². The number of rotatable bonds is 1. The first-order valence-corrected chi connectivity index (χ1v) is 4.33. The van der Waals surface area contributed by atoms with E-state index in [1.807, 2.05) is 13.8 Å². The predicted octanol–water partition coefficient (Wildman–Crippen LogP) is 4.41. The molecule has 0 saturated carbocycles. The van der Waals surface area contributed by atoms with E-state index in [0.29, 0.717) is 0 Å². The van der Waals surface area contributed by atoms with Crippen LogP contribution in [0.2, 0.25) is 0 Å². The van der Waals surface area contributed by atoms with Crippen molar-refractivity contribution < 1.29 is 0 Å². The van der Waals surface area contributed by atoms with Crippen LogP contribution >= 0.6 is 0 Å². The van der Waals surface area contributed by atoms with Crippen LogP contribution in [0, 0.1) is 0 Å². The second-order valence-electron chi connectivity index (χ2n) is 1.71. The van der Waals surface area contributed by atoms with Gasteiger partial charge in [0.2, 0.25) is 0 Å². The van der Waals surface area contributed by atoms with Gasteiger partial charge in [0.25, 0.3) is 0 Å². The van der Waals surface area contributed by atoms with Crippen molar-refractivity contribution in [3.63, 3.8) is 0 Å². The highest BCUT2D eigenvalue weighted by atomic mass is 14.0. The molecular weight excluding hydrogens is 122 g/mol. The van der Waals surface area contributed by atoms with Gasteiger partial charge in [-0.1, -0.05) is 60.8 Å². The Bertz CT molecular complexity index is 12.2. The minimum atomic E-state index is 0. The van der Waals surface area contributed by atoms with E-state index in [0.717, 1.165) is 0 Å². The van der Waals surface area contributed by atoms with E-state index in [9.17, 15) is 0 Å². The lowest BCUT2D eigenvalue weighted by molar-refractivity contribution is 0.886. The molecule has 0 aromatic rings. The third-order valence-electron chi connectivity index (χ3n) is 0.500. The van der Waals surface area contributed by atoms with Gasteiger partial charge in [0, 0.05) is 0 Å². The normalized spacial score (nSPS) is 5.40. The molecule has 0 unspecified atom stereocenters. The summed E-state index contributed by atoms with van der Waals surface area (Å²) in [4.78, 5) is 0. The van der Waals surface area contributed by atoms with E-state index in [1.165, 1.54) is 19.3 Å². The van der Waals surface area contributed by atoms with Crippen LogP contribution in [0.1, 0.15) is 60.8 Å². The predicted molar refractivity (Wildman–Crippen MR) is 52.9 cm³/mol. The minimum Gasteiger partial charge on any atom is -0.344 e. The first kappa shape index (κ1) is 22.5. The van der Waals surface area contributed by atoms with Gasteiger partial charge in [0.05, 0.1) is 0 Å². The zero-order valence-corrected chi connectivity index (χ0v) is 8.83. The van der Waals surface area contributed by atoms with Crippen LogP contribution in [-0.4, -0.2) is 0 Å². The number of unbranched alkanes of at least 4 members (excludes halogenated alkanes) is 1. The molecule has 1 nitrogen and oxygen atoms in total. The van der Waals surface area contributed by atoms with Crippen molar-refractivity contribution >= 4 is 0 Å². The summed E-state index contributed by atoms with van der Waals surface area (Å²) in [6, 6.07) is 0. The summed E-state index contributed by atoms with van der Waals surface area (Å²) < 4.78 is 0. The fourth-order valence-corrected chi connectivity index (χ4v) is 0. The number of hydrogen-bond acceptors (Lipinski definition) is 1. The van der Waals surface area contributed by atoms with Crippen molar-refractivity contribution in [2.45, 2.75) is 60.8 Å². The van der Waals surface area contributed by atoms with Crippen LogP contribution in [0.25, 0.3) is 0 Å². The van der Waals surface area contributed by atoms with E-state index >= 15 is 0 Å². The largest absolute Gasteiger partial charge is 0.344 e. The van der Waals surface area contributed by atoms with Crippen LogP contribution in [0.3, 0.4) is 0 Å². The average molecular weight is 149 g/mol. The van der Waals surface area contributed by atoms with Crippen molar-refractivity contribution in [2.24, 2.45) is 0 Å². The maximum atomic E-state index is 2.18. The Labute approximate surface area is 67.8 Å². The molecule has 0 aliphatic rings. The standard InChI is InChI=1S/C4H10.C3H8.C2H6.H3N/c1-3-4-2;1-3-2;1-2;/h3-4H2,1-2H3;3H2,1-2H3;1-2H3;1H3. The van der Waals surface area contributed by atoms with Crippen LogP contribution < -0.4 is 6.15 Å². The highest BCUT2D eigenvalue weighted by Gasteiger charge is 1.56. The molecule has 68 valence electrons. The summed E-state index contributed by atoms with van der Waals surface area (Å²) in [5.41, 5.74) is 0. The lowest BCUT2D eigenvalue weighted by Gasteiger charge is -1.68. The summed E-state index contributed by atoms with van der Waals surface area (Å²) in [6.07, 6.45) is 3.89. The molecule has 0 spiro atoms. The summed E-state index contributed by atoms with van der Waals surface area (Å²) >= 11 is 0. The van der Waals surface area contributed by atoms with Crippen LogP contribution in [0.4, 0.5) is 0 Å². The fourth-order valence-electron chi connectivity index (χ4n) is 0. The Morgan fingerprint density at radius 3 is 0.800 bits per heavy atom. The molecule has 3 N–H and O–H groups in total. The Morgan fingerprint density at radius 2 is 0.800 bits per heavy atom. The highest BCUT2D eigenvalue weighted by Crippen LogP contribution is 1.76. The molecule has 0 fully saturated rings. The summed E-state index contributed by atoms with van der Waals surface area (Å²) in [7, 11) is 0. The molecule has 0 radical (unpaired) electrons. The van der Waals surface area contributed by atoms with E-state index in [1.54, 1.807) is 0 Å². The van der Waals surface area contributed by atoms with Gasteiger partial charge in [0.15, 0.2) is 0 Å². The molecule has 0 amide bonds.